The van der Waals surface area contributed by atoms with Crippen molar-refractivity contribution in [2.24, 2.45) is 4.99 Å². The number of benzene rings is 4. The van der Waals surface area contributed by atoms with Crippen LogP contribution in [0.15, 0.2) is 145 Å². The van der Waals surface area contributed by atoms with E-state index in [-0.39, 0.29) is 4.59 Å². The molecule has 2 heterocycles. The molecule has 6 rings (SSSR count). The zero-order valence-electron chi connectivity index (χ0n) is 18.6. The number of quaternary nitrogens is 1. The molecule has 4 heteroatoms. The van der Waals surface area contributed by atoms with E-state index in [0.29, 0.717) is 0 Å². The van der Waals surface area contributed by atoms with E-state index < -0.39 is 0 Å². The highest BCUT2D eigenvalue weighted by molar-refractivity contribution is 6.21. The van der Waals surface area contributed by atoms with Gasteiger partial charge in [-0.25, -0.2) is 4.98 Å². The van der Waals surface area contributed by atoms with Gasteiger partial charge in [-0.15, -0.1) is 4.59 Å². The lowest BCUT2D eigenvalue weighted by Crippen LogP contribution is -2.54. The quantitative estimate of drug-likeness (QED) is 0.282. The summed E-state index contributed by atoms with van der Waals surface area (Å²) < 4.78 is 2.42. The van der Waals surface area contributed by atoms with Gasteiger partial charge in [-0.05, 0) is 24.3 Å². The molecule has 0 N–H and O–H groups in total. The summed E-state index contributed by atoms with van der Waals surface area (Å²) in [4.78, 5) is 9.85. The summed E-state index contributed by atoms with van der Waals surface area (Å²) in [6, 6.07) is 41.9. The van der Waals surface area contributed by atoms with Gasteiger partial charge in [0, 0.05) is 23.3 Å². The molecule has 1 atom stereocenters. The third kappa shape index (κ3) is 3.12. The maximum atomic E-state index is 5.39. The first kappa shape index (κ1) is 20.1. The summed E-state index contributed by atoms with van der Waals surface area (Å²) in [5.74, 6) is 0.919. The molecule has 34 heavy (non-hydrogen) atoms. The van der Waals surface area contributed by atoms with Crippen LogP contribution >= 0.6 is 0 Å². The maximum Gasteiger partial charge on any atom is 0.271 e. The molecule has 1 aliphatic rings. The van der Waals surface area contributed by atoms with Gasteiger partial charge in [0.2, 0.25) is 5.70 Å². The highest BCUT2D eigenvalue weighted by Gasteiger charge is 2.52. The molecule has 0 saturated heterocycles. The fourth-order valence-corrected chi connectivity index (χ4v) is 4.73. The molecule has 5 aromatic rings. The van der Waals surface area contributed by atoms with Crippen LogP contribution in [0.5, 0.6) is 0 Å². The minimum absolute atomic E-state index is 0.277. The van der Waals surface area contributed by atoms with Gasteiger partial charge in [-0.1, -0.05) is 84.9 Å². The minimum atomic E-state index is 0.277. The lowest BCUT2D eigenvalue weighted by atomic mass is 10.0. The average molecular weight is 440 g/mol. The largest absolute Gasteiger partial charge is 0.271 e. The standard InChI is InChI=1S/C30H23N4/c1-5-13-24(14-6-1)28-29(25-15-7-2-8-16-25)34(33-22-21-31-23-33,27-19-11-4-12-20-27)30(32-28)26-17-9-3-10-18-26/h1-23H/q+1. The molecule has 0 spiro atoms. The number of hydrogen-bond acceptors (Lipinski definition) is 2. The number of para-hydroxylation sites is 1. The Hall–Kier alpha value is -4.54. The van der Waals surface area contributed by atoms with Crippen molar-refractivity contribution in [2.45, 2.75) is 0 Å². The predicted octanol–water partition coefficient (Wildman–Crippen LogP) is 6.64. The summed E-state index contributed by atoms with van der Waals surface area (Å²) in [6.07, 6.45) is 5.72. The van der Waals surface area contributed by atoms with Crippen molar-refractivity contribution in [1.29, 1.82) is 0 Å². The molecule has 162 valence electrons. The van der Waals surface area contributed by atoms with Gasteiger partial charge in [0.25, 0.3) is 5.84 Å². The van der Waals surface area contributed by atoms with Crippen molar-refractivity contribution in [3.63, 3.8) is 0 Å². The Balaban J connectivity index is 1.79. The van der Waals surface area contributed by atoms with E-state index in [1.54, 1.807) is 0 Å². The second kappa shape index (κ2) is 8.43. The zero-order chi connectivity index (χ0) is 22.8. The Bertz CT molecular complexity index is 1460. The smallest absolute Gasteiger partial charge is 0.240 e. The van der Waals surface area contributed by atoms with E-state index in [4.69, 9.17) is 4.99 Å². The molecule has 1 unspecified atom stereocenters. The Labute approximate surface area is 199 Å². The van der Waals surface area contributed by atoms with Crippen LogP contribution in [0.2, 0.25) is 0 Å². The summed E-state index contributed by atoms with van der Waals surface area (Å²) in [6.45, 7) is 0. The van der Waals surface area contributed by atoms with Gasteiger partial charge in [0.15, 0.2) is 5.69 Å². The molecule has 0 radical (unpaired) electrons. The Morgan fingerprint density at radius 2 is 1.09 bits per heavy atom. The van der Waals surface area contributed by atoms with Crippen LogP contribution in [-0.2, 0) is 0 Å². The van der Waals surface area contributed by atoms with Crippen LogP contribution in [0.3, 0.4) is 0 Å². The highest BCUT2D eigenvalue weighted by Crippen LogP contribution is 2.47. The van der Waals surface area contributed by atoms with Crippen LogP contribution in [0.1, 0.15) is 16.7 Å². The van der Waals surface area contributed by atoms with Crippen molar-refractivity contribution in [3.8, 4) is 0 Å². The predicted molar refractivity (Wildman–Crippen MR) is 139 cm³/mol. The lowest BCUT2D eigenvalue weighted by molar-refractivity contribution is 0.458. The second-order valence-corrected chi connectivity index (χ2v) is 8.14. The van der Waals surface area contributed by atoms with Crippen LogP contribution in [0.25, 0.3) is 11.4 Å². The Kier molecular flexibility index (Phi) is 4.98. The van der Waals surface area contributed by atoms with E-state index in [2.05, 4.69) is 113 Å². The zero-order valence-corrected chi connectivity index (χ0v) is 18.6. The van der Waals surface area contributed by atoms with Crippen molar-refractivity contribution < 1.29 is 0 Å². The molecule has 0 saturated carbocycles. The third-order valence-electron chi connectivity index (χ3n) is 6.17. The molecule has 0 aliphatic carbocycles. The summed E-state index contributed by atoms with van der Waals surface area (Å²) in [7, 11) is 0. The van der Waals surface area contributed by atoms with E-state index in [1.165, 1.54) is 0 Å². The number of imidazole rings is 1. The number of rotatable bonds is 5. The lowest BCUT2D eigenvalue weighted by Gasteiger charge is -2.35. The fourth-order valence-electron chi connectivity index (χ4n) is 4.73. The van der Waals surface area contributed by atoms with E-state index in [0.717, 1.165) is 39.6 Å². The van der Waals surface area contributed by atoms with Gasteiger partial charge in [-0.3, -0.25) is 0 Å². The molecular formula is C30H23N4+. The number of aromatic nitrogens is 2. The van der Waals surface area contributed by atoms with Crippen molar-refractivity contribution >= 4 is 22.9 Å². The first-order valence-corrected chi connectivity index (χ1v) is 11.3. The Morgan fingerprint density at radius 1 is 0.559 bits per heavy atom. The molecule has 0 amide bonds. The summed E-state index contributed by atoms with van der Waals surface area (Å²) >= 11 is 0. The number of amidine groups is 1. The van der Waals surface area contributed by atoms with Crippen molar-refractivity contribution in [1.82, 2.24) is 14.3 Å². The normalized spacial score (nSPS) is 17.6. The number of hydrogen-bond donors (Lipinski definition) is 0. The molecular weight excluding hydrogens is 416 g/mol. The molecule has 0 fully saturated rings. The molecule has 1 aliphatic heterocycles. The third-order valence-corrected chi connectivity index (χ3v) is 6.17. The van der Waals surface area contributed by atoms with E-state index >= 15 is 0 Å². The molecule has 0 bridgehead atoms. The highest BCUT2D eigenvalue weighted by atomic mass is 15.7. The first-order valence-electron chi connectivity index (χ1n) is 11.3. The second-order valence-electron chi connectivity index (χ2n) is 8.14. The molecule has 4 nitrogen and oxygen atoms in total. The fraction of sp³-hybridized carbons (Fsp3) is 0. The van der Waals surface area contributed by atoms with Crippen molar-refractivity contribution in [3.05, 3.63) is 157 Å². The first-order chi connectivity index (χ1) is 16.9. The van der Waals surface area contributed by atoms with E-state index in [1.807, 2.05) is 36.9 Å². The summed E-state index contributed by atoms with van der Waals surface area (Å²) in [5.41, 5.74) is 6.34. The number of aliphatic imine (C=N–C) groups is 1. The Morgan fingerprint density at radius 3 is 1.65 bits per heavy atom. The monoisotopic (exact) mass is 439 g/mol. The number of nitrogens with zero attached hydrogens (tertiary/aromatic N) is 4. The van der Waals surface area contributed by atoms with Crippen LogP contribution in [0.4, 0.5) is 5.69 Å². The van der Waals surface area contributed by atoms with Gasteiger partial charge in [0.05, 0.1) is 18.0 Å². The van der Waals surface area contributed by atoms with Crippen molar-refractivity contribution in [2.75, 3.05) is 0 Å². The van der Waals surface area contributed by atoms with Crippen LogP contribution in [0, 0.1) is 0 Å². The summed E-state index contributed by atoms with van der Waals surface area (Å²) in [5, 5.41) is 0. The maximum absolute atomic E-state index is 5.39. The van der Waals surface area contributed by atoms with Crippen LogP contribution in [-0.4, -0.2) is 15.5 Å². The minimum Gasteiger partial charge on any atom is -0.240 e. The topological polar surface area (TPSA) is 30.2 Å². The van der Waals surface area contributed by atoms with Crippen LogP contribution < -0.4 is 4.59 Å². The average Bonchev–Trinajstić information content (AvgIpc) is 3.58. The van der Waals surface area contributed by atoms with Gasteiger partial charge >= 0.3 is 0 Å². The van der Waals surface area contributed by atoms with Gasteiger partial charge in [-0.2, -0.15) is 9.67 Å². The van der Waals surface area contributed by atoms with Gasteiger partial charge < -0.3 is 0 Å². The SMILES string of the molecule is c1ccc(C2=NC(c3ccccc3)=C(c3ccccc3)[N+]2(c2ccccc2)n2ccnc2)cc1. The molecule has 4 aromatic carbocycles. The van der Waals surface area contributed by atoms with E-state index in [9.17, 15) is 0 Å². The molecule has 1 aromatic heterocycles. The van der Waals surface area contributed by atoms with Gasteiger partial charge in [0.1, 0.15) is 12.0 Å².